The summed E-state index contributed by atoms with van der Waals surface area (Å²) in [6, 6.07) is 5.86. The SMILES string of the molecule is COc1cc(-c2cn(C)c(=O)c3cnc(N(C)C)cc23)cc(OC)c1CN1CC2(CCC(N3CCN(C4CCC(=O)NC4=O)C(=O)C3)CC2)C1. The molecular weight excluding hydrogens is 638 g/mol. The van der Waals surface area contributed by atoms with Gasteiger partial charge in [-0.05, 0) is 61.3 Å². The van der Waals surface area contributed by atoms with Crippen LogP contribution in [0.2, 0.25) is 0 Å². The number of aryl methyl sites for hydroxylation is 1. The van der Waals surface area contributed by atoms with Crippen LogP contribution in [0.4, 0.5) is 5.82 Å². The molecule has 4 fully saturated rings. The van der Waals surface area contributed by atoms with Crippen molar-refractivity contribution in [3.63, 3.8) is 0 Å². The first-order valence-electron chi connectivity index (χ1n) is 17.5. The monoisotopic (exact) mass is 685 g/mol. The molecule has 1 aliphatic carbocycles. The lowest BCUT2D eigenvalue weighted by Crippen LogP contribution is -2.62. The van der Waals surface area contributed by atoms with E-state index in [1.54, 1.807) is 36.9 Å². The minimum atomic E-state index is -0.534. The molecule has 3 amide bonds. The van der Waals surface area contributed by atoms with Crippen LogP contribution in [-0.2, 0) is 28.0 Å². The molecule has 50 heavy (non-hydrogen) atoms. The van der Waals surface area contributed by atoms with Crippen molar-refractivity contribution in [2.24, 2.45) is 12.5 Å². The number of hydrogen-bond acceptors (Lipinski definition) is 10. The van der Waals surface area contributed by atoms with Gasteiger partial charge in [-0.2, -0.15) is 0 Å². The Morgan fingerprint density at radius 1 is 0.960 bits per heavy atom. The third-order valence-electron chi connectivity index (χ3n) is 11.3. The van der Waals surface area contributed by atoms with Crippen molar-refractivity contribution in [1.29, 1.82) is 0 Å². The first kappa shape index (κ1) is 34.0. The number of piperazine rings is 1. The Kier molecular flexibility index (Phi) is 9.06. The molecule has 1 N–H and O–H groups in total. The number of piperidine rings is 1. The predicted octanol–water partition coefficient (Wildman–Crippen LogP) is 2.38. The molecular formula is C37H47N7O6. The summed E-state index contributed by atoms with van der Waals surface area (Å²) in [5, 5.41) is 3.76. The Labute approximate surface area is 292 Å². The lowest BCUT2D eigenvalue weighted by molar-refractivity contribution is -0.150. The Hall–Kier alpha value is -4.49. The highest BCUT2D eigenvalue weighted by Crippen LogP contribution is 2.47. The maximum atomic E-state index is 13.1. The molecule has 5 heterocycles. The molecule has 1 atom stereocenters. The maximum Gasteiger partial charge on any atom is 0.259 e. The first-order chi connectivity index (χ1) is 24.0. The quantitative estimate of drug-likeness (QED) is 0.353. The molecule has 1 unspecified atom stereocenters. The average Bonchev–Trinajstić information content (AvgIpc) is 3.09. The number of carbonyl (C=O) groups excluding carboxylic acids is 3. The lowest BCUT2D eigenvalue weighted by atomic mass is 9.67. The van der Waals surface area contributed by atoms with Crippen LogP contribution in [0.15, 0.2) is 35.4 Å². The van der Waals surface area contributed by atoms with Crippen LogP contribution in [-0.4, -0.2) is 115 Å². The zero-order valence-electron chi connectivity index (χ0n) is 29.7. The molecule has 0 radical (unpaired) electrons. The predicted molar refractivity (Wildman–Crippen MR) is 189 cm³/mol. The number of ether oxygens (including phenoxy) is 2. The van der Waals surface area contributed by atoms with Gasteiger partial charge in [-0.3, -0.25) is 34.3 Å². The summed E-state index contributed by atoms with van der Waals surface area (Å²) in [6.45, 7) is 4.32. The zero-order chi connectivity index (χ0) is 35.3. The number of aromatic nitrogens is 2. The normalized spacial score (nSPS) is 21.7. The second-order valence-electron chi connectivity index (χ2n) is 14.7. The van der Waals surface area contributed by atoms with Crippen molar-refractivity contribution in [2.75, 3.05) is 65.9 Å². The number of benzene rings is 1. The molecule has 3 aliphatic heterocycles. The van der Waals surface area contributed by atoms with Crippen molar-refractivity contribution < 1.29 is 23.9 Å². The maximum absolute atomic E-state index is 13.1. The van der Waals surface area contributed by atoms with Gasteiger partial charge in [0.05, 0.1) is 31.7 Å². The summed E-state index contributed by atoms with van der Waals surface area (Å²) in [4.78, 5) is 62.8. The summed E-state index contributed by atoms with van der Waals surface area (Å²) >= 11 is 0. The number of nitrogens with one attached hydrogen (secondary N) is 1. The summed E-state index contributed by atoms with van der Waals surface area (Å²) in [6.07, 6.45) is 8.54. The van der Waals surface area contributed by atoms with Gasteiger partial charge in [-0.1, -0.05) is 0 Å². The molecule has 3 aromatic rings. The van der Waals surface area contributed by atoms with Crippen LogP contribution in [0.1, 0.15) is 44.1 Å². The molecule has 13 heteroatoms. The minimum Gasteiger partial charge on any atom is -0.496 e. The van der Waals surface area contributed by atoms with Gasteiger partial charge in [0.1, 0.15) is 23.4 Å². The van der Waals surface area contributed by atoms with Gasteiger partial charge in [0.25, 0.3) is 5.56 Å². The van der Waals surface area contributed by atoms with E-state index in [9.17, 15) is 19.2 Å². The van der Waals surface area contributed by atoms with E-state index in [2.05, 4.69) is 20.1 Å². The van der Waals surface area contributed by atoms with Crippen molar-refractivity contribution in [3.05, 3.63) is 46.5 Å². The molecule has 1 spiro atoms. The summed E-state index contributed by atoms with van der Waals surface area (Å²) in [7, 11) is 8.98. The average molecular weight is 686 g/mol. The van der Waals surface area contributed by atoms with Gasteiger partial charge in [0.15, 0.2) is 0 Å². The number of rotatable bonds is 8. The first-order valence-corrected chi connectivity index (χ1v) is 17.5. The molecule has 13 nitrogen and oxygen atoms in total. The van der Waals surface area contributed by atoms with Crippen molar-refractivity contribution in [3.8, 4) is 22.6 Å². The standard InChI is InChI=1S/C37H47N7O6/c1-40(2)32-16-25-26(17-38-32)36(48)41(3)18-27(25)23-14-30(49-4)28(31(15-23)50-5)19-42-21-37(22-42)10-8-24(9-11-37)43-12-13-44(34(46)20-43)29-6-7-33(45)39-35(29)47/h14-18,24,29H,6-13,19-22H2,1-5H3,(H,39,45,47). The zero-order valence-corrected chi connectivity index (χ0v) is 29.7. The number of methoxy groups -OCH3 is 2. The molecule has 1 saturated carbocycles. The van der Waals surface area contributed by atoms with Gasteiger partial charge in [-0.15, -0.1) is 0 Å². The Balaban J connectivity index is 1.00. The van der Waals surface area contributed by atoms with Gasteiger partial charge in [-0.25, -0.2) is 4.98 Å². The highest BCUT2D eigenvalue weighted by Gasteiger charge is 2.47. The van der Waals surface area contributed by atoms with E-state index in [1.807, 2.05) is 43.4 Å². The number of amides is 3. The van der Waals surface area contributed by atoms with E-state index >= 15 is 0 Å². The van der Waals surface area contributed by atoms with E-state index in [-0.39, 0.29) is 35.1 Å². The van der Waals surface area contributed by atoms with Crippen LogP contribution in [0, 0.1) is 5.41 Å². The fraction of sp³-hybridized carbons (Fsp3) is 0.541. The number of fused-ring (bicyclic) bond motifs is 1. The van der Waals surface area contributed by atoms with E-state index in [0.717, 1.165) is 84.7 Å². The second-order valence-corrected chi connectivity index (χ2v) is 14.7. The number of likely N-dealkylation sites (tertiary alicyclic amines) is 1. The second kappa shape index (κ2) is 13.3. The fourth-order valence-corrected chi connectivity index (χ4v) is 8.58. The third kappa shape index (κ3) is 6.21. The summed E-state index contributed by atoms with van der Waals surface area (Å²) in [5.74, 6) is 1.63. The van der Waals surface area contributed by atoms with E-state index in [0.29, 0.717) is 37.5 Å². The lowest BCUT2D eigenvalue weighted by Gasteiger charge is -2.55. The number of hydrogen-bond donors (Lipinski definition) is 1. The minimum absolute atomic E-state index is 0.0189. The Bertz CT molecular complexity index is 1870. The summed E-state index contributed by atoms with van der Waals surface area (Å²) < 4.78 is 13.5. The van der Waals surface area contributed by atoms with Crippen molar-refractivity contribution >= 4 is 34.3 Å². The number of pyridine rings is 2. The Morgan fingerprint density at radius 3 is 2.28 bits per heavy atom. The van der Waals surface area contributed by atoms with Gasteiger partial charge >= 0.3 is 0 Å². The molecule has 1 aromatic carbocycles. The number of imide groups is 1. The summed E-state index contributed by atoms with van der Waals surface area (Å²) in [5.41, 5.74) is 2.97. The molecule has 3 saturated heterocycles. The van der Waals surface area contributed by atoms with E-state index in [4.69, 9.17) is 9.47 Å². The topological polar surface area (TPSA) is 130 Å². The highest BCUT2D eigenvalue weighted by molar-refractivity contribution is 6.02. The van der Waals surface area contributed by atoms with E-state index < -0.39 is 6.04 Å². The van der Waals surface area contributed by atoms with Crippen LogP contribution >= 0.6 is 0 Å². The largest absolute Gasteiger partial charge is 0.496 e. The van der Waals surface area contributed by atoms with Crippen LogP contribution in [0.5, 0.6) is 11.5 Å². The molecule has 2 aromatic heterocycles. The van der Waals surface area contributed by atoms with Crippen molar-refractivity contribution in [2.45, 2.75) is 57.2 Å². The molecule has 266 valence electrons. The number of nitrogens with zero attached hydrogens (tertiary/aromatic N) is 6. The molecule has 0 bridgehead atoms. The highest BCUT2D eigenvalue weighted by atomic mass is 16.5. The van der Waals surface area contributed by atoms with Crippen LogP contribution < -0.4 is 25.2 Å². The third-order valence-corrected chi connectivity index (χ3v) is 11.3. The molecule has 4 aliphatic rings. The number of carbonyl (C=O) groups is 3. The van der Waals surface area contributed by atoms with Crippen molar-refractivity contribution in [1.82, 2.24) is 29.6 Å². The smallest absolute Gasteiger partial charge is 0.259 e. The Morgan fingerprint density at radius 2 is 1.66 bits per heavy atom. The van der Waals surface area contributed by atoms with Crippen LogP contribution in [0.25, 0.3) is 21.9 Å². The fourth-order valence-electron chi connectivity index (χ4n) is 8.58. The van der Waals surface area contributed by atoms with Gasteiger partial charge in [0.2, 0.25) is 17.7 Å². The van der Waals surface area contributed by atoms with Crippen LogP contribution in [0.3, 0.4) is 0 Å². The number of anilines is 1. The van der Waals surface area contributed by atoms with E-state index in [1.165, 1.54) is 0 Å². The molecule has 7 rings (SSSR count). The van der Waals surface area contributed by atoms with Gasteiger partial charge < -0.3 is 23.8 Å². The van der Waals surface area contributed by atoms with Gasteiger partial charge in [0, 0.05) is 89.7 Å².